The van der Waals surface area contributed by atoms with E-state index in [9.17, 15) is 8.42 Å². The van der Waals surface area contributed by atoms with Gasteiger partial charge in [-0.1, -0.05) is 29.8 Å². The van der Waals surface area contributed by atoms with Gasteiger partial charge in [0, 0.05) is 11.1 Å². The molecule has 6 heteroatoms. The van der Waals surface area contributed by atoms with Crippen LogP contribution in [0.15, 0.2) is 53.4 Å². The smallest absolute Gasteiger partial charge is 0.241 e. The fourth-order valence-electron chi connectivity index (χ4n) is 1.95. The largest absolute Gasteiger partial charge is 0.497 e. The lowest BCUT2D eigenvalue weighted by Gasteiger charge is -2.16. The lowest BCUT2D eigenvalue weighted by molar-refractivity contribution is 0.414. The highest BCUT2D eigenvalue weighted by atomic mass is 35.5. The minimum Gasteiger partial charge on any atom is -0.497 e. The molecule has 0 aliphatic heterocycles. The summed E-state index contributed by atoms with van der Waals surface area (Å²) < 4.78 is 32.3. The van der Waals surface area contributed by atoms with Crippen molar-refractivity contribution >= 4 is 21.6 Å². The minimum absolute atomic E-state index is 0.183. The second-order valence-corrected chi connectivity index (χ2v) is 6.66. The molecule has 0 aromatic heterocycles. The molecule has 1 N–H and O–H groups in total. The second kappa shape index (κ2) is 6.47. The van der Waals surface area contributed by atoms with Crippen LogP contribution >= 0.6 is 11.6 Å². The molecule has 1 atom stereocenters. The lowest BCUT2D eigenvalue weighted by Crippen LogP contribution is -2.27. The summed E-state index contributed by atoms with van der Waals surface area (Å²) in [6.45, 7) is 1.75. The number of hydrogen-bond acceptors (Lipinski definition) is 3. The van der Waals surface area contributed by atoms with Gasteiger partial charge in [0.05, 0.1) is 12.0 Å². The number of nitrogens with one attached hydrogen (secondary N) is 1. The molecule has 2 aromatic rings. The third-order valence-corrected chi connectivity index (χ3v) is 4.97. The third kappa shape index (κ3) is 3.75. The number of methoxy groups -OCH3 is 1. The van der Waals surface area contributed by atoms with Crippen molar-refractivity contribution in [2.24, 2.45) is 0 Å². The molecule has 112 valence electrons. The van der Waals surface area contributed by atoms with Gasteiger partial charge in [0.1, 0.15) is 5.75 Å². The Hall–Kier alpha value is -1.56. The first-order valence-corrected chi connectivity index (χ1v) is 8.21. The first kappa shape index (κ1) is 15.8. The number of rotatable bonds is 5. The molecule has 0 fully saturated rings. The topological polar surface area (TPSA) is 55.4 Å². The predicted molar refractivity (Wildman–Crippen MR) is 83.2 cm³/mol. The van der Waals surface area contributed by atoms with Crippen LogP contribution in [-0.2, 0) is 10.0 Å². The summed E-state index contributed by atoms with van der Waals surface area (Å²) in [6.07, 6.45) is 0. The minimum atomic E-state index is -3.61. The average molecular weight is 326 g/mol. The summed E-state index contributed by atoms with van der Waals surface area (Å²) in [5.41, 5.74) is 0.733. The molecule has 0 amide bonds. The van der Waals surface area contributed by atoms with Crippen molar-refractivity contribution in [1.82, 2.24) is 4.72 Å². The first-order chi connectivity index (χ1) is 9.94. The molecule has 4 nitrogen and oxygen atoms in total. The van der Waals surface area contributed by atoms with E-state index < -0.39 is 16.1 Å². The Morgan fingerprint density at radius 2 is 1.71 bits per heavy atom. The first-order valence-electron chi connectivity index (χ1n) is 6.35. The van der Waals surface area contributed by atoms with E-state index in [1.807, 2.05) is 6.07 Å². The summed E-state index contributed by atoms with van der Waals surface area (Å²) in [5.74, 6) is 0.605. The van der Waals surface area contributed by atoms with Crippen LogP contribution in [0.25, 0.3) is 0 Å². The summed E-state index contributed by atoms with van der Waals surface area (Å²) in [5, 5.41) is 0.530. The molecule has 0 aliphatic rings. The Labute approximate surface area is 129 Å². The van der Waals surface area contributed by atoms with Gasteiger partial charge in [-0.3, -0.25) is 0 Å². The second-order valence-electron chi connectivity index (χ2n) is 4.54. The van der Waals surface area contributed by atoms with Gasteiger partial charge in [0.15, 0.2) is 0 Å². The number of hydrogen-bond donors (Lipinski definition) is 1. The summed E-state index contributed by atoms with van der Waals surface area (Å²) in [4.78, 5) is 0.183. The van der Waals surface area contributed by atoms with Crippen molar-refractivity contribution in [3.05, 3.63) is 59.1 Å². The number of halogens is 1. The van der Waals surface area contributed by atoms with Crippen LogP contribution in [0.2, 0.25) is 5.02 Å². The molecule has 0 spiro atoms. The van der Waals surface area contributed by atoms with E-state index in [4.69, 9.17) is 16.3 Å². The predicted octanol–water partition coefficient (Wildman–Crippen LogP) is 3.39. The van der Waals surface area contributed by atoms with Gasteiger partial charge in [-0.05, 0) is 42.8 Å². The average Bonchev–Trinajstić information content (AvgIpc) is 2.47. The van der Waals surface area contributed by atoms with Crippen molar-refractivity contribution in [3.8, 4) is 5.75 Å². The molecule has 21 heavy (non-hydrogen) atoms. The zero-order valence-corrected chi connectivity index (χ0v) is 13.3. The molecule has 0 saturated carbocycles. The van der Waals surface area contributed by atoms with Crippen LogP contribution < -0.4 is 9.46 Å². The number of sulfonamides is 1. The van der Waals surface area contributed by atoms with Crippen molar-refractivity contribution in [2.75, 3.05) is 7.11 Å². The normalized spacial score (nSPS) is 12.9. The van der Waals surface area contributed by atoms with E-state index >= 15 is 0 Å². The monoisotopic (exact) mass is 325 g/mol. The highest BCUT2D eigenvalue weighted by Crippen LogP contribution is 2.24. The summed E-state index contributed by atoms with van der Waals surface area (Å²) in [7, 11) is -2.08. The molecule has 0 aliphatic carbocycles. The Morgan fingerprint density at radius 3 is 2.29 bits per heavy atom. The maximum absolute atomic E-state index is 12.3. The van der Waals surface area contributed by atoms with Gasteiger partial charge >= 0.3 is 0 Å². The molecule has 1 unspecified atom stereocenters. The van der Waals surface area contributed by atoms with Crippen LogP contribution in [0.4, 0.5) is 0 Å². The summed E-state index contributed by atoms with van der Waals surface area (Å²) in [6, 6.07) is 12.9. The molecule has 0 saturated heterocycles. The van der Waals surface area contributed by atoms with Crippen LogP contribution in [0.3, 0.4) is 0 Å². The zero-order valence-electron chi connectivity index (χ0n) is 11.7. The van der Waals surface area contributed by atoms with E-state index in [0.29, 0.717) is 10.8 Å². The maximum atomic E-state index is 12.3. The molecule has 0 bridgehead atoms. The number of ether oxygens (including phenoxy) is 1. The van der Waals surface area contributed by atoms with Crippen LogP contribution in [-0.4, -0.2) is 15.5 Å². The molecular formula is C15H16ClNO3S. The van der Waals surface area contributed by atoms with Crippen molar-refractivity contribution < 1.29 is 13.2 Å². The van der Waals surface area contributed by atoms with E-state index in [-0.39, 0.29) is 4.90 Å². The third-order valence-electron chi connectivity index (χ3n) is 3.07. The fourth-order valence-corrected chi connectivity index (χ4v) is 3.47. The molecule has 0 radical (unpaired) electrons. The standard InChI is InChI=1S/C15H16ClNO3S/c1-11(14-5-3-4-6-15(14)16)17-21(18,19)13-9-7-12(20-2)8-10-13/h3-11,17H,1-2H3. The van der Waals surface area contributed by atoms with Gasteiger partial charge < -0.3 is 4.74 Å². The van der Waals surface area contributed by atoms with Crippen LogP contribution in [0.5, 0.6) is 5.75 Å². The van der Waals surface area contributed by atoms with E-state index in [1.54, 1.807) is 37.3 Å². The molecule has 2 rings (SSSR count). The van der Waals surface area contributed by atoms with Crippen molar-refractivity contribution in [3.63, 3.8) is 0 Å². The van der Waals surface area contributed by atoms with Crippen molar-refractivity contribution in [2.45, 2.75) is 17.9 Å². The van der Waals surface area contributed by atoms with Crippen LogP contribution in [0, 0.1) is 0 Å². The van der Waals surface area contributed by atoms with Gasteiger partial charge in [0.25, 0.3) is 0 Å². The highest BCUT2D eigenvalue weighted by molar-refractivity contribution is 7.89. The van der Waals surface area contributed by atoms with Gasteiger partial charge in [-0.15, -0.1) is 0 Å². The van der Waals surface area contributed by atoms with E-state index in [0.717, 1.165) is 5.56 Å². The van der Waals surface area contributed by atoms with Gasteiger partial charge in [0.2, 0.25) is 10.0 Å². The molecular weight excluding hydrogens is 310 g/mol. The maximum Gasteiger partial charge on any atom is 0.241 e. The highest BCUT2D eigenvalue weighted by Gasteiger charge is 2.19. The van der Waals surface area contributed by atoms with Crippen LogP contribution in [0.1, 0.15) is 18.5 Å². The summed E-state index contributed by atoms with van der Waals surface area (Å²) >= 11 is 6.08. The van der Waals surface area contributed by atoms with E-state index in [2.05, 4.69) is 4.72 Å². The lowest BCUT2D eigenvalue weighted by atomic mass is 10.1. The quantitative estimate of drug-likeness (QED) is 0.916. The van der Waals surface area contributed by atoms with Crippen molar-refractivity contribution in [1.29, 1.82) is 0 Å². The molecule has 0 heterocycles. The van der Waals surface area contributed by atoms with E-state index in [1.165, 1.54) is 19.2 Å². The Kier molecular flexibility index (Phi) is 4.88. The molecule has 2 aromatic carbocycles. The Balaban J connectivity index is 2.22. The van der Waals surface area contributed by atoms with Gasteiger partial charge in [-0.2, -0.15) is 0 Å². The Bertz CT molecular complexity index is 714. The fraction of sp³-hybridized carbons (Fsp3) is 0.200. The number of benzene rings is 2. The zero-order chi connectivity index (χ0) is 15.5. The van der Waals surface area contributed by atoms with Gasteiger partial charge in [-0.25, -0.2) is 13.1 Å². The Morgan fingerprint density at radius 1 is 1.10 bits per heavy atom. The SMILES string of the molecule is COc1ccc(S(=O)(=O)NC(C)c2ccccc2Cl)cc1.